The molecule has 1 aliphatic rings. The Kier molecular flexibility index (Phi) is 8.66. The molecule has 3 heterocycles. The minimum Gasteiger partial charge on any atom is -0.355 e. The third-order valence-electron chi connectivity index (χ3n) is 7.00. The highest BCUT2D eigenvalue weighted by atomic mass is 35.5. The molecule has 0 radical (unpaired) electrons. The normalized spacial score (nSPS) is 14.2. The molecule has 5 rings (SSSR count). The van der Waals surface area contributed by atoms with Gasteiger partial charge in [0.15, 0.2) is 5.13 Å². The van der Waals surface area contributed by atoms with Crippen LogP contribution in [0.25, 0.3) is 0 Å². The zero-order valence-corrected chi connectivity index (χ0v) is 24.8. The van der Waals surface area contributed by atoms with Gasteiger partial charge in [-0.1, -0.05) is 41.1 Å². The summed E-state index contributed by atoms with van der Waals surface area (Å²) in [7, 11) is 2.18. The Morgan fingerprint density at radius 1 is 0.975 bits per heavy atom. The van der Waals surface area contributed by atoms with E-state index in [0.717, 1.165) is 55.4 Å². The zero-order valence-electron chi connectivity index (χ0n) is 23.2. The first kappa shape index (κ1) is 28.0. The van der Waals surface area contributed by atoms with E-state index in [4.69, 9.17) is 11.6 Å². The molecule has 0 spiro atoms. The number of benzene rings is 2. The number of anilines is 5. The summed E-state index contributed by atoms with van der Waals surface area (Å²) in [6.45, 7) is 11.5. The lowest BCUT2D eigenvalue weighted by molar-refractivity contribution is 0.103. The number of rotatable bonds is 8. The number of aromatic nitrogens is 2. The summed E-state index contributed by atoms with van der Waals surface area (Å²) in [5.41, 5.74) is 6.94. The van der Waals surface area contributed by atoms with E-state index in [1.54, 1.807) is 12.3 Å². The molecule has 4 aromatic rings. The van der Waals surface area contributed by atoms with Crippen molar-refractivity contribution in [3.8, 4) is 0 Å². The lowest BCUT2D eigenvalue weighted by atomic mass is 10.1. The van der Waals surface area contributed by atoms with Crippen LogP contribution in [0.5, 0.6) is 0 Å². The van der Waals surface area contributed by atoms with Crippen LogP contribution in [0, 0.1) is 20.8 Å². The van der Waals surface area contributed by atoms with Gasteiger partial charge in [-0.25, -0.2) is 9.97 Å². The number of para-hydroxylation sites is 1. The van der Waals surface area contributed by atoms with Crippen molar-refractivity contribution >= 4 is 56.9 Å². The van der Waals surface area contributed by atoms with Gasteiger partial charge in [0.05, 0.1) is 16.9 Å². The summed E-state index contributed by atoms with van der Waals surface area (Å²) in [5, 5.41) is 10.7. The molecular formula is C30H34ClN7OS. The first-order chi connectivity index (χ1) is 19.2. The molecule has 0 saturated carbocycles. The van der Waals surface area contributed by atoms with Crippen molar-refractivity contribution in [1.29, 1.82) is 0 Å². The van der Waals surface area contributed by atoms with Gasteiger partial charge in [-0.2, -0.15) is 0 Å². The minimum absolute atomic E-state index is 0.257. The monoisotopic (exact) mass is 575 g/mol. The van der Waals surface area contributed by atoms with Crippen LogP contribution < -0.4 is 16.0 Å². The van der Waals surface area contributed by atoms with Crippen LogP contribution in [0.4, 0.5) is 28.0 Å². The number of amides is 1. The maximum atomic E-state index is 12.8. The second-order valence-corrected chi connectivity index (χ2v) is 11.7. The summed E-state index contributed by atoms with van der Waals surface area (Å²) < 4.78 is 0. The standard InChI is InChI=1S/C30H34ClN7OS/c1-19-6-5-7-25(31)28(19)36-29(39)26-17-32-30(40-26)35-27-16-24(15-21(3)33-27)34-23-9-8-22(20(2)14-23)18-38-12-10-37(4)11-13-38/h5-9,14-17H,10-13,18H2,1-4H3,(H,36,39)(H2,32,33,34,35). The highest BCUT2D eigenvalue weighted by Gasteiger charge is 2.16. The van der Waals surface area contributed by atoms with Gasteiger partial charge in [-0.15, -0.1) is 0 Å². The van der Waals surface area contributed by atoms with E-state index in [1.807, 2.05) is 38.1 Å². The van der Waals surface area contributed by atoms with E-state index >= 15 is 0 Å². The highest BCUT2D eigenvalue weighted by Crippen LogP contribution is 2.29. The van der Waals surface area contributed by atoms with Crippen molar-refractivity contribution in [2.24, 2.45) is 0 Å². The second kappa shape index (κ2) is 12.3. The third-order valence-corrected chi connectivity index (χ3v) is 8.23. The Morgan fingerprint density at radius 3 is 2.52 bits per heavy atom. The number of halogens is 1. The minimum atomic E-state index is -0.257. The third kappa shape index (κ3) is 6.98. The maximum Gasteiger partial charge on any atom is 0.267 e. The molecule has 40 heavy (non-hydrogen) atoms. The smallest absolute Gasteiger partial charge is 0.267 e. The number of hydrogen-bond donors (Lipinski definition) is 3. The number of carbonyl (C=O) groups excluding carboxylic acids is 1. The van der Waals surface area contributed by atoms with Crippen LogP contribution in [-0.4, -0.2) is 58.9 Å². The van der Waals surface area contributed by atoms with Gasteiger partial charge in [0.25, 0.3) is 5.91 Å². The van der Waals surface area contributed by atoms with Crippen LogP contribution in [-0.2, 0) is 6.54 Å². The number of piperazine rings is 1. The number of hydrogen-bond acceptors (Lipinski definition) is 8. The Balaban J connectivity index is 1.23. The van der Waals surface area contributed by atoms with Gasteiger partial charge in [0.1, 0.15) is 10.7 Å². The van der Waals surface area contributed by atoms with E-state index in [0.29, 0.717) is 26.5 Å². The Labute approximate surface area is 244 Å². The largest absolute Gasteiger partial charge is 0.355 e. The van der Waals surface area contributed by atoms with Gasteiger partial charge in [-0.3, -0.25) is 9.69 Å². The molecule has 0 unspecified atom stereocenters. The van der Waals surface area contributed by atoms with Crippen molar-refractivity contribution in [1.82, 2.24) is 19.8 Å². The van der Waals surface area contributed by atoms with E-state index in [9.17, 15) is 4.79 Å². The number of likely N-dealkylation sites (N-methyl/N-ethyl adjacent to an activating group) is 1. The second-order valence-electron chi connectivity index (χ2n) is 10.3. The maximum absolute atomic E-state index is 12.8. The summed E-state index contributed by atoms with van der Waals surface area (Å²) in [4.78, 5) is 27.2. The van der Waals surface area contributed by atoms with Crippen LogP contribution in [0.1, 0.15) is 32.1 Å². The lowest BCUT2D eigenvalue weighted by Crippen LogP contribution is -2.43. The fourth-order valence-corrected chi connectivity index (χ4v) is 5.67. The molecule has 0 bridgehead atoms. The summed E-state index contributed by atoms with van der Waals surface area (Å²) in [6, 6.07) is 16.0. The number of aryl methyl sites for hydroxylation is 3. The van der Waals surface area contributed by atoms with Crippen LogP contribution in [0.15, 0.2) is 54.7 Å². The molecule has 1 amide bonds. The molecule has 2 aromatic carbocycles. The Hall–Kier alpha value is -3.50. The predicted octanol–water partition coefficient (Wildman–Crippen LogP) is 6.60. The van der Waals surface area contributed by atoms with E-state index < -0.39 is 0 Å². The number of nitrogens with one attached hydrogen (secondary N) is 3. The highest BCUT2D eigenvalue weighted by molar-refractivity contribution is 7.17. The van der Waals surface area contributed by atoms with Crippen molar-refractivity contribution < 1.29 is 4.79 Å². The van der Waals surface area contributed by atoms with Gasteiger partial charge in [0.2, 0.25) is 0 Å². The summed E-state index contributed by atoms with van der Waals surface area (Å²) in [5.74, 6) is 0.391. The summed E-state index contributed by atoms with van der Waals surface area (Å²) >= 11 is 7.52. The SMILES string of the molecule is Cc1cc(Nc2ccc(CN3CCN(C)CC3)c(C)c2)cc(Nc2ncc(C(=O)Nc3c(C)cccc3Cl)s2)n1. The number of nitrogens with zero attached hydrogens (tertiary/aromatic N) is 4. The topological polar surface area (TPSA) is 85.4 Å². The predicted molar refractivity (Wildman–Crippen MR) is 166 cm³/mol. The zero-order chi connectivity index (χ0) is 28.2. The van der Waals surface area contributed by atoms with Gasteiger partial charge < -0.3 is 20.9 Å². The molecule has 1 saturated heterocycles. The van der Waals surface area contributed by atoms with E-state index in [1.165, 1.54) is 22.5 Å². The van der Waals surface area contributed by atoms with Gasteiger partial charge in [0, 0.05) is 55.9 Å². The molecule has 0 aliphatic carbocycles. The average molecular weight is 576 g/mol. The first-order valence-corrected chi connectivity index (χ1v) is 14.5. The first-order valence-electron chi connectivity index (χ1n) is 13.3. The number of carbonyl (C=O) groups is 1. The van der Waals surface area contributed by atoms with Crippen LogP contribution >= 0.6 is 22.9 Å². The fraction of sp³-hybridized carbons (Fsp3) is 0.300. The lowest BCUT2D eigenvalue weighted by Gasteiger charge is -2.32. The molecule has 0 atom stereocenters. The van der Waals surface area contributed by atoms with Crippen LogP contribution in [0.3, 0.4) is 0 Å². The van der Waals surface area contributed by atoms with Gasteiger partial charge >= 0.3 is 0 Å². The Morgan fingerprint density at radius 2 is 1.77 bits per heavy atom. The molecule has 1 aliphatic heterocycles. The molecule has 2 aromatic heterocycles. The van der Waals surface area contributed by atoms with E-state index in [2.05, 4.69) is 67.9 Å². The molecule has 8 nitrogen and oxygen atoms in total. The number of pyridine rings is 1. The Bertz CT molecular complexity index is 1490. The average Bonchev–Trinajstić information content (AvgIpc) is 3.37. The molecule has 208 valence electrons. The van der Waals surface area contributed by atoms with Crippen molar-refractivity contribution in [3.63, 3.8) is 0 Å². The quantitative estimate of drug-likeness (QED) is 0.218. The molecule has 3 N–H and O–H groups in total. The summed E-state index contributed by atoms with van der Waals surface area (Å²) in [6.07, 6.45) is 1.55. The van der Waals surface area contributed by atoms with E-state index in [-0.39, 0.29) is 5.91 Å². The van der Waals surface area contributed by atoms with Crippen molar-refractivity contribution in [2.75, 3.05) is 49.2 Å². The molecule has 1 fully saturated rings. The van der Waals surface area contributed by atoms with Gasteiger partial charge in [-0.05, 0) is 68.8 Å². The number of thiazole rings is 1. The van der Waals surface area contributed by atoms with Crippen LogP contribution in [0.2, 0.25) is 5.02 Å². The van der Waals surface area contributed by atoms with Crippen molar-refractivity contribution in [3.05, 3.63) is 87.0 Å². The van der Waals surface area contributed by atoms with Crippen molar-refractivity contribution in [2.45, 2.75) is 27.3 Å². The molecular weight excluding hydrogens is 542 g/mol. The molecule has 10 heteroatoms. The fourth-order valence-electron chi connectivity index (χ4n) is 4.68.